The zero-order valence-electron chi connectivity index (χ0n) is 10.5. The van der Waals surface area contributed by atoms with Crippen molar-refractivity contribution < 1.29 is 4.74 Å². The van der Waals surface area contributed by atoms with Gasteiger partial charge in [-0.25, -0.2) is 5.43 Å². The molecule has 0 radical (unpaired) electrons. The van der Waals surface area contributed by atoms with Crippen LogP contribution in [-0.4, -0.2) is 12.6 Å². The van der Waals surface area contributed by atoms with Crippen molar-refractivity contribution in [3.63, 3.8) is 0 Å². The Labute approximate surface area is 98.4 Å². The third-order valence-corrected chi connectivity index (χ3v) is 4.19. The van der Waals surface area contributed by atoms with Crippen molar-refractivity contribution in [2.45, 2.75) is 52.0 Å². The number of hydrogen-bond donors (Lipinski definition) is 2. The van der Waals surface area contributed by atoms with Crippen LogP contribution >= 0.6 is 0 Å². The predicted molar refractivity (Wildman–Crippen MR) is 65.5 cm³/mol. The zero-order chi connectivity index (χ0) is 11.6. The largest absolute Gasteiger partial charge is 0.497 e. The summed E-state index contributed by atoms with van der Waals surface area (Å²) in [7, 11) is 0. The normalized spacial score (nSPS) is 30.7. The Hall–Kier alpha value is -0.540. The summed E-state index contributed by atoms with van der Waals surface area (Å²) >= 11 is 0. The molecule has 16 heavy (non-hydrogen) atoms. The molecule has 3 heteroatoms. The summed E-state index contributed by atoms with van der Waals surface area (Å²) in [5.74, 6) is 7.41. The molecule has 0 aromatic heterocycles. The van der Waals surface area contributed by atoms with E-state index in [9.17, 15) is 0 Å². The minimum absolute atomic E-state index is 0.206. The average Bonchev–Trinajstić information content (AvgIpc) is 2.62. The van der Waals surface area contributed by atoms with Crippen LogP contribution < -0.4 is 11.3 Å². The highest BCUT2D eigenvalue weighted by molar-refractivity contribution is 5.10. The maximum Gasteiger partial charge on any atom is 0.111 e. The summed E-state index contributed by atoms with van der Waals surface area (Å²) in [6, 6.07) is 0.206. The summed E-state index contributed by atoms with van der Waals surface area (Å²) in [5.41, 5.74) is 3.35. The lowest BCUT2D eigenvalue weighted by atomic mass is 9.77. The molecule has 2 atom stereocenters. The van der Waals surface area contributed by atoms with Crippen LogP contribution in [0.5, 0.6) is 0 Å². The molecule has 1 fully saturated rings. The first kappa shape index (κ1) is 11.9. The Kier molecular flexibility index (Phi) is 3.55. The van der Waals surface area contributed by atoms with Crippen LogP contribution in [0, 0.1) is 11.3 Å². The summed E-state index contributed by atoms with van der Waals surface area (Å²) in [4.78, 5) is 0. The lowest BCUT2D eigenvalue weighted by Crippen LogP contribution is -2.46. The Bertz CT molecular complexity index is 273. The molecule has 0 aromatic rings. The van der Waals surface area contributed by atoms with Gasteiger partial charge < -0.3 is 4.74 Å². The number of ether oxygens (including phenoxy) is 1. The molecule has 1 aliphatic carbocycles. The molecule has 0 aromatic carbocycles. The van der Waals surface area contributed by atoms with Crippen molar-refractivity contribution in [2.24, 2.45) is 17.2 Å². The highest BCUT2D eigenvalue weighted by atomic mass is 16.5. The van der Waals surface area contributed by atoms with E-state index in [1.807, 2.05) is 0 Å². The summed E-state index contributed by atoms with van der Waals surface area (Å²) in [6.45, 7) is 5.54. The van der Waals surface area contributed by atoms with E-state index < -0.39 is 0 Å². The Morgan fingerprint density at radius 3 is 2.81 bits per heavy atom. The second kappa shape index (κ2) is 4.76. The summed E-state index contributed by atoms with van der Waals surface area (Å²) in [6.07, 6.45) is 8.33. The lowest BCUT2D eigenvalue weighted by molar-refractivity contribution is 0.120. The fourth-order valence-corrected chi connectivity index (χ4v) is 3.16. The molecule has 1 heterocycles. The van der Waals surface area contributed by atoms with Gasteiger partial charge in [0.2, 0.25) is 0 Å². The van der Waals surface area contributed by atoms with Crippen molar-refractivity contribution in [3.05, 3.63) is 11.8 Å². The Morgan fingerprint density at radius 1 is 1.50 bits per heavy atom. The second-order valence-corrected chi connectivity index (χ2v) is 5.73. The monoisotopic (exact) mass is 224 g/mol. The predicted octanol–water partition coefficient (Wildman–Crippen LogP) is 2.34. The number of nitrogens with one attached hydrogen (secondary N) is 1. The van der Waals surface area contributed by atoms with Crippen LogP contribution in [0.4, 0.5) is 0 Å². The molecule has 2 unspecified atom stereocenters. The van der Waals surface area contributed by atoms with Crippen LogP contribution in [0.3, 0.4) is 0 Å². The van der Waals surface area contributed by atoms with E-state index >= 15 is 0 Å². The quantitative estimate of drug-likeness (QED) is 0.571. The van der Waals surface area contributed by atoms with Gasteiger partial charge in [0.1, 0.15) is 5.76 Å². The molecule has 2 aliphatic rings. The highest BCUT2D eigenvalue weighted by Crippen LogP contribution is 2.45. The SMILES string of the molecule is CC1(C)CCCC1C(NN)C1=CCCCO1. The van der Waals surface area contributed by atoms with Gasteiger partial charge in [0.05, 0.1) is 12.6 Å². The van der Waals surface area contributed by atoms with Gasteiger partial charge in [-0.3, -0.25) is 5.84 Å². The smallest absolute Gasteiger partial charge is 0.111 e. The van der Waals surface area contributed by atoms with Gasteiger partial charge in [0, 0.05) is 0 Å². The number of hydrazine groups is 1. The Morgan fingerprint density at radius 2 is 2.31 bits per heavy atom. The third kappa shape index (κ3) is 2.25. The van der Waals surface area contributed by atoms with E-state index in [0.717, 1.165) is 25.2 Å². The molecule has 3 nitrogen and oxygen atoms in total. The van der Waals surface area contributed by atoms with Crippen molar-refractivity contribution in [1.82, 2.24) is 5.43 Å². The van der Waals surface area contributed by atoms with Gasteiger partial charge in [-0.1, -0.05) is 20.3 Å². The Balaban J connectivity index is 2.12. The van der Waals surface area contributed by atoms with Gasteiger partial charge in [0.15, 0.2) is 0 Å². The number of rotatable bonds is 3. The first-order valence-electron chi connectivity index (χ1n) is 6.44. The van der Waals surface area contributed by atoms with E-state index in [4.69, 9.17) is 10.6 Å². The van der Waals surface area contributed by atoms with Crippen molar-refractivity contribution in [1.29, 1.82) is 0 Å². The van der Waals surface area contributed by atoms with Gasteiger partial charge in [-0.2, -0.15) is 0 Å². The first-order chi connectivity index (χ1) is 7.65. The van der Waals surface area contributed by atoms with Gasteiger partial charge in [-0.05, 0) is 43.1 Å². The number of hydrogen-bond acceptors (Lipinski definition) is 3. The fraction of sp³-hybridized carbons (Fsp3) is 0.846. The highest BCUT2D eigenvalue weighted by Gasteiger charge is 2.41. The van der Waals surface area contributed by atoms with Crippen LogP contribution in [0.15, 0.2) is 11.8 Å². The maximum atomic E-state index is 5.76. The topological polar surface area (TPSA) is 47.3 Å². The van der Waals surface area contributed by atoms with E-state index in [2.05, 4.69) is 25.3 Å². The summed E-state index contributed by atoms with van der Waals surface area (Å²) in [5, 5.41) is 0. The van der Waals surface area contributed by atoms with Crippen LogP contribution in [-0.2, 0) is 4.74 Å². The third-order valence-electron chi connectivity index (χ3n) is 4.19. The van der Waals surface area contributed by atoms with Crippen LogP contribution in [0.25, 0.3) is 0 Å². The molecule has 1 aliphatic heterocycles. The number of allylic oxidation sites excluding steroid dienone is 1. The average molecular weight is 224 g/mol. The fourth-order valence-electron chi connectivity index (χ4n) is 3.16. The maximum absolute atomic E-state index is 5.76. The van der Waals surface area contributed by atoms with E-state index in [0.29, 0.717) is 11.3 Å². The van der Waals surface area contributed by atoms with Crippen LogP contribution in [0.1, 0.15) is 46.0 Å². The van der Waals surface area contributed by atoms with Crippen LogP contribution in [0.2, 0.25) is 0 Å². The molecular weight excluding hydrogens is 200 g/mol. The molecule has 0 bridgehead atoms. The standard InChI is InChI=1S/C13H24N2O/c1-13(2)8-5-6-10(13)12(15-14)11-7-3-4-9-16-11/h7,10,12,15H,3-6,8-9,14H2,1-2H3. The minimum atomic E-state index is 0.206. The van der Waals surface area contributed by atoms with E-state index in [-0.39, 0.29) is 6.04 Å². The molecular formula is C13H24N2O. The molecule has 0 saturated heterocycles. The minimum Gasteiger partial charge on any atom is -0.497 e. The first-order valence-corrected chi connectivity index (χ1v) is 6.44. The lowest BCUT2D eigenvalue weighted by Gasteiger charge is -2.35. The molecule has 3 N–H and O–H groups in total. The second-order valence-electron chi connectivity index (χ2n) is 5.73. The van der Waals surface area contributed by atoms with E-state index in [1.54, 1.807) is 0 Å². The zero-order valence-corrected chi connectivity index (χ0v) is 10.5. The van der Waals surface area contributed by atoms with Gasteiger partial charge in [-0.15, -0.1) is 0 Å². The van der Waals surface area contributed by atoms with Crippen molar-refractivity contribution in [2.75, 3.05) is 6.61 Å². The van der Waals surface area contributed by atoms with E-state index in [1.165, 1.54) is 19.3 Å². The molecule has 2 rings (SSSR count). The summed E-state index contributed by atoms with van der Waals surface area (Å²) < 4.78 is 5.76. The molecule has 0 amide bonds. The number of nitrogens with two attached hydrogens (primary N) is 1. The van der Waals surface area contributed by atoms with Gasteiger partial charge >= 0.3 is 0 Å². The molecule has 92 valence electrons. The van der Waals surface area contributed by atoms with Crippen molar-refractivity contribution >= 4 is 0 Å². The van der Waals surface area contributed by atoms with Crippen molar-refractivity contribution in [3.8, 4) is 0 Å². The molecule has 0 spiro atoms. The van der Waals surface area contributed by atoms with Gasteiger partial charge in [0.25, 0.3) is 0 Å². The molecule has 1 saturated carbocycles.